The van der Waals surface area contributed by atoms with Gasteiger partial charge in [0.25, 0.3) is 5.91 Å². The lowest BCUT2D eigenvalue weighted by Crippen LogP contribution is -2.59. The Morgan fingerprint density at radius 1 is 0.434 bits per heavy atom. The number of aryl methyl sites for hydroxylation is 2. The van der Waals surface area contributed by atoms with E-state index in [1.807, 2.05) is 60.7 Å². The van der Waals surface area contributed by atoms with Crippen LogP contribution in [0.25, 0.3) is 6.08 Å². The van der Waals surface area contributed by atoms with E-state index in [0.717, 1.165) is 220 Å². The van der Waals surface area contributed by atoms with Crippen LogP contribution in [0.15, 0.2) is 109 Å². The van der Waals surface area contributed by atoms with Crippen molar-refractivity contribution < 1.29 is 76.5 Å². The number of methoxy groups -OCH3 is 2. The van der Waals surface area contributed by atoms with Crippen molar-refractivity contribution in [3.63, 3.8) is 0 Å². The Morgan fingerprint density at radius 3 is 1.27 bits per heavy atom. The molecule has 0 aromatic heterocycles. The number of allylic oxidation sites excluding steroid dienone is 1. The standard InChI is InChI=1S/C45H63N5O8.C26H38N2O4.C26H36N2O4/c1-5-18-34(40(53)43(56)46-29-37(52)50-39(33-24-14-10-15-25-33)44(57)58-45(2,3)4)47-41(54)35-28-31-21-17-20-30(27-31)19-11-7-6-8-16-26-36(51)49-38(42(55)48-35)32-22-12-9-13-23-32;2*1-32-26(31)22-18-20-13-10-12-19(17-20)11-6-3-2-4-9-16-23(29)28-24(25(30)27-22)21-14-7-5-8-15-21/h10,14-15,17,20-21,24-25,27,32,34-35,38-39H,5-9,11-13,16,18-19,22-23,26,28-29H2,1-4H3,(H,46,56)(H,47,54)(H,48,55)(H,49,51)(H,50,52);10,12-13,17,21-22,24H,2-9,11,14-16,18H2,1H3,(H,27,30)(H,28,29);6,10-13,17,21-22,24H,2-5,7-9,14-16,18H2,1H3,(H,27,30)(H,28,29)/t34?,35-,38-,39-;2*22-,24-/m000/s1. The first-order chi connectivity index (χ1) is 58.9. The highest BCUT2D eigenvalue weighted by Crippen LogP contribution is 2.31. The zero-order chi connectivity index (χ0) is 87.6. The molecular weight excluding hydrogens is 1550 g/mol. The fourth-order valence-corrected chi connectivity index (χ4v) is 17.3. The molecule has 0 radical (unpaired) electrons. The van der Waals surface area contributed by atoms with Crippen molar-refractivity contribution >= 4 is 82.9 Å². The molecule has 0 saturated heterocycles. The number of carbonyl (C=O) groups excluding carboxylic acids is 13. The minimum absolute atomic E-state index is 0.0682. The number of rotatable bonds is 16. The third-order valence-electron chi connectivity index (χ3n) is 23.9. The Morgan fingerprint density at radius 2 is 0.828 bits per heavy atom. The van der Waals surface area contributed by atoms with E-state index in [1.165, 1.54) is 26.2 Å². The van der Waals surface area contributed by atoms with Gasteiger partial charge >= 0.3 is 17.9 Å². The normalized spacial score (nSPS) is 22.2. The Labute approximate surface area is 722 Å². The number of carbonyl (C=O) groups is 13. The molecule has 3 heterocycles. The Kier molecular flexibility index (Phi) is 41.8. The highest BCUT2D eigenvalue weighted by atomic mass is 16.6. The van der Waals surface area contributed by atoms with Crippen molar-refractivity contribution in [2.24, 2.45) is 17.8 Å². The maximum Gasteiger partial charge on any atom is 0.333 e. The van der Waals surface area contributed by atoms with Gasteiger partial charge < -0.3 is 62.1 Å². The van der Waals surface area contributed by atoms with Crippen LogP contribution in [0.1, 0.15) is 291 Å². The third-order valence-corrected chi connectivity index (χ3v) is 23.9. The quantitative estimate of drug-likeness (QED) is 0.0286. The zero-order valence-corrected chi connectivity index (χ0v) is 73.1. The SMILES string of the molecule is CCCC(NC(=O)[C@@H]1Cc2cccc(c2)CCCCCCCC(=O)N[C@@H](C2CCCCC2)C(=O)N1)C(=O)C(=O)NCC(=O)N[C@H](C(=O)OC(C)(C)C)c1ccccc1.COC(=O)[C@@H]1Cc2cccc(c2)C=CCCCCCC(=O)N[C@@H](C2CCCCC2)C(=O)N1.COC(=O)[C@@H]1Cc2cccc(c2)CCCCCCCC(=O)N[C@@H](C2CCCCC2)C(=O)N1. The summed E-state index contributed by atoms with van der Waals surface area (Å²) >= 11 is 0. The maximum absolute atomic E-state index is 14.2. The molecule has 6 aliphatic rings. The van der Waals surface area contributed by atoms with E-state index in [0.29, 0.717) is 44.1 Å². The zero-order valence-electron chi connectivity index (χ0n) is 73.1. The number of fused-ring (bicyclic) bond motifs is 6. The van der Waals surface area contributed by atoms with Crippen molar-refractivity contribution in [3.8, 4) is 0 Å². The lowest BCUT2D eigenvalue weighted by molar-refractivity contribution is -0.159. The molecule has 10 rings (SSSR count). The van der Waals surface area contributed by atoms with Gasteiger partial charge in [0.2, 0.25) is 53.0 Å². The maximum atomic E-state index is 14.2. The van der Waals surface area contributed by atoms with Gasteiger partial charge in [0.15, 0.2) is 6.04 Å². The molecule has 3 aliphatic heterocycles. The number of benzene rings is 4. The summed E-state index contributed by atoms with van der Waals surface area (Å²) in [5, 5.41) is 25.4. The highest BCUT2D eigenvalue weighted by Gasteiger charge is 2.39. The molecule has 1 unspecified atom stereocenters. The van der Waals surface area contributed by atoms with Gasteiger partial charge in [-0.25, -0.2) is 14.4 Å². The second kappa shape index (κ2) is 52.4. The summed E-state index contributed by atoms with van der Waals surface area (Å²) in [6.45, 7) is 6.31. The monoisotopic (exact) mass is 1680 g/mol. The molecule has 122 heavy (non-hydrogen) atoms. The summed E-state index contributed by atoms with van der Waals surface area (Å²) in [5.74, 6) is -6.29. The van der Waals surface area contributed by atoms with Crippen LogP contribution in [0.5, 0.6) is 0 Å². The minimum Gasteiger partial charge on any atom is -0.467 e. The van der Waals surface area contributed by atoms with Crippen molar-refractivity contribution in [2.45, 2.75) is 332 Å². The third kappa shape index (κ3) is 34.3. The molecular formula is C97H137N9O16. The molecule has 9 N–H and O–H groups in total. The van der Waals surface area contributed by atoms with E-state index in [4.69, 9.17) is 14.2 Å². The van der Waals surface area contributed by atoms with Gasteiger partial charge in [-0.15, -0.1) is 0 Å². The number of esters is 3. The van der Waals surface area contributed by atoms with Crippen LogP contribution >= 0.6 is 0 Å². The fourth-order valence-electron chi connectivity index (χ4n) is 17.3. The Hall–Kier alpha value is -10.1. The molecule has 3 fully saturated rings. The topological polar surface area (TPSA) is 358 Å². The minimum atomic E-state index is -1.25. The van der Waals surface area contributed by atoms with E-state index < -0.39 is 108 Å². The van der Waals surface area contributed by atoms with Crippen molar-refractivity contribution in [1.29, 1.82) is 0 Å². The van der Waals surface area contributed by atoms with E-state index in [1.54, 1.807) is 58.0 Å². The number of ether oxygens (including phenoxy) is 3. The van der Waals surface area contributed by atoms with E-state index in [9.17, 15) is 62.3 Å². The summed E-state index contributed by atoms with van der Waals surface area (Å²) < 4.78 is 15.5. The first-order valence-electron chi connectivity index (χ1n) is 45.4. The Balaban J connectivity index is 0.000000245. The molecule has 3 saturated carbocycles. The van der Waals surface area contributed by atoms with Gasteiger partial charge in [0.1, 0.15) is 41.9 Å². The Bertz CT molecular complexity index is 4090. The second-order valence-electron chi connectivity index (χ2n) is 34.9. The van der Waals surface area contributed by atoms with Gasteiger partial charge in [-0.05, 0) is 180 Å². The molecule has 25 nitrogen and oxygen atoms in total. The molecule has 8 atom stereocenters. The summed E-state index contributed by atoms with van der Waals surface area (Å²) in [6.07, 6.45) is 37.1. The summed E-state index contributed by atoms with van der Waals surface area (Å²) in [4.78, 5) is 171. The first kappa shape index (κ1) is 97.4. The van der Waals surface area contributed by atoms with Gasteiger partial charge in [0.05, 0.1) is 26.8 Å². The van der Waals surface area contributed by atoms with Crippen LogP contribution in [0.4, 0.5) is 0 Å². The van der Waals surface area contributed by atoms with E-state index >= 15 is 0 Å². The average Bonchev–Trinajstić information content (AvgIpc) is 1.54. The molecule has 3 aliphatic carbocycles. The van der Waals surface area contributed by atoms with Gasteiger partial charge in [-0.1, -0.05) is 231 Å². The van der Waals surface area contributed by atoms with Crippen molar-refractivity contribution in [1.82, 2.24) is 47.9 Å². The number of Topliss-reactive ketones (excluding diaryl/α,β-unsaturated/α-hetero) is 1. The molecule has 4 aromatic carbocycles. The fraction of sp³-hybridized carbons (Fsp3) is 0.598. The number of ketones is 1. The molecule has 666 valence electrons. The average molecular weight is 1690 g/mol. The predicted octanol–water partition coefficient (Wildman–Crippen LogP) is 12.6. The molecule has 6 bridgehead atoms. The molecule has 9 amide bonds. The van der Waals surface area contributed by atoms with Crippen LogP contribution in [0.3, 0.4) is 0 Å². The number of hydrogen-bond acceptors (Lipinski definition) is 16. The molecule has 25 heteroatoms. The highest BCUT2D eigenvalue weighted by molar-refractivity contribution is 6.38. The number of amides is 9. The second-order valence-corrected chi connectivity index (χ2v) is 34.9. The van der Waals surface area contributed by atoms with Gasteiger partial charge in [-0.3, -0.25) is 47.9 Å². The van der Waals surface area contributed by atoms with Crippen LogP contribution in [0.2, 0.25) is 0 Å². The molecule has 0 spiro atoms. The van der Waals surface area contributed by atoms with Crippen molar-refractivity contribution in [3.05, 3.63) is 148 Å². The predicted molar refractivity (Wildman–Crippen MR) is 469 cm³/mol. The molecule has 4 aromatic rings. The van der Waals surface area contributed by atoms with Crippen molar-refractivity contribution in [2.75, 3.05) is 20.8 Å². The van der Waals surface area contributed by atoms with Crippen LogP contribution in [0, 0.1) is 17.8 Å². The lowest BCUT2D eigenvalue weighted by atomic mass is 9.83. The van der Waals surface area contributed by atoms with Crippen LogP contribution in [-0.2, 0) is 109 Å². The number of hydrogen-bond donors (Lipinski definition) is 9. The lowest BCUT2D eigenvalue weighted by Gasteiger charge is -2.31. The van der Waals surface area contributed by atoms with Gasteiger partial charge in [0, 0.05) is 38.5 Å². The van der Waals surface area contributed by atoms with Crippen LogP contribution in [-0.4, -0.2) is 146 Å². The summed E-state index contributed by atoms with van der Waals surface area (Å²) in [5.41, 5.74) is 5.86. The first-order valence-corrected chi connectivity index (χ1v) is 45.4. The smallest absolute Gasteiger partial charge is 0.333 e. The number of nitrogens with one attached hydrogen (secondary N) is 9. The largest absolute Gasteiger partial charge is 0.467 e. The van der Waals surface area contributed by atoms with Crippen LogP contribution < -0.4 is 47.9 Å². The van der Waals surface area contributed by atoms with E-state index in [2.05, 4.69) is 72.1 Å². The van der Waals surface area contributed by atoms with Gasteiger partial charge in [-0.2, -0.15) is 0 Å². The summed E-state index contributed by atoms with van der Waals surface area (Å²) in [7, 11) is 2.67. The van der Waals surface area contributed by atoms with E-state index in [-0.39, 0.29) is 60.1 Å². The summed E-state index contributed by atoms with van der Waals surface area (Å²) in [6, 6.07) is 25.5.